The molecular formula is C16H21N5. The van der Waals surface area contributed by atoms with E-state index >= 15 is 0 Å². The summed E-state index contributed by atoms with van der Waals surface area (Å²) in [5, 5.41) is 12.4. The molecule has 2 aromatic rings. The minimum atomic E-state index is 0.480. The zero-order valence-corrected chi connectivity index (χ0v) is 12.6. The topological polar surface area (TPSA) is 69.6 Å². The van der Waals surface area contributed by atoms with Gasteiger partial charge in [-0.15, -0.1) is 5.10 Å². The van der Waals surface area contributed by atoms with Crippen LogP contribution in [-0.2, 0) is 6.54 Å². The van der Waals surface area contributed by atoms with Crippen molar-refractivity contribution in [3.05, 3.63) is 23.3 Å². The smallest absolute Gasteiger partial charge is 0.182 e. The van der Waals surface area contributed by atoms with Crippen LogP contribution >= 0.6 is 0 Å². The van der Waals surface area contributed by atoms with E-state index in [0.717, 1.165) is 35.1 Å². The Labute approximate surface area is 124 Å². The Kier molecular flexibility index (Phi) is 2.62. The molecular weight excluding hydrogens is 262 g/mol. The summed E-state index contributed by atoms with van der Waals surface area (Å²) in [5.74, 6) is 1.75. The second-order valence-electron chi connectivity index (χ2n) is 6.82. The van der Waals surface area contributed by atoms with E-state index in [1.165, 1.54) is 31.2 Å². The molecule has 2 aliphatic rings. The van der Waals surface area contributed by atoms with Gasteiger partial charge in [-0.3, -0.25) is 0 Å². The first-order valence-corrected chi connectivity index (χ1v) is 7.72. The average Bonchev–Trinajstić information content (AvgIpc) is 3.33. The van der Waals surface area contributed by atoms with Crippen molar-refractivity contribution in [2.75, 3.05) is 5.73 Å². The molecule has 2 saturated carbocycles. The van der Waals surface area contributed by atoms with Crippen molar-refractivity contribution in [2.45, 2.75) is 46.1 Å². The summed E-state index contributed by atoms with van der Waals surface area (Å²) in [5.41, 5.74) is 10.7. The van der Waals surface area contributed by atoms with E-state index in [-0.39, 0.29) is 0 Å². The Hall–Kier alpha value is -1.91. The highest BCUT2D eigenvalue weighted by molar-refractivity contribution is 5.67. The summed E-state index contributed by atoms with van der Waals surface area (Å²) in [6.45, 7) is 5.07. The summed E-state index contributed by atoms with van der Waals surface area (Å²) in [6.07, 6.45) is 5.42. The monoisotopic (exact) mass is 283 g/mol. The number of hydrogen-bond acceptors (Lipinski definition) is 4. The maximum Gasteiger partial charge on any atom is 0.182 e. The molecule has 21 heavy (non-hydrogen) atoms. The van der Waals surface area contributed by atoms with Gasteiger partial charge in [0.05, 0.1) is 6.54 Å². The number of aromatic nitrogens is 4. The van der Waals surface area contributed by atoms with Gasteiger partial charge in [-0.1, -0.05) is 6.07 Å². The van der Waals surface area contributed by atoms with Crippen molar-refractivity contribution in [3.8, 4) is 11.4 Å². The molecule has 5 nitrogen and oxygen atoms in total. The van der Waals surface area contributed by atoms with E-state index in [2.05, 4.69) is 28.5 Å². The first-order valence-electron chi connectivity index (χ1n) is 7.72. The van der Waals surface area contributed by atoms with E-state index in [4.69, 9.17) is 5.73 Å². The first kappa shape index (κ1) is 12.8. The Morgan fingerprint density at radius 3 is 2.67 bits per heavy atom. The molecule has 0 amide bonds. The predicted octanol–water partition coefficient (Wildman–Crippen LogP) is 2.73. The van der Waals surface area contributed by atoms with Crippen LogP contribution in [0.1, 0.15) is 36.8 Å². The molecule has 0 spiro atoms. The number of nitrogens with zero attached hydrogens (tertiary/aromatic N) is 4. The quantitative estimate of drug-likeness (QED) is 0.876. The molecule has 0 aliphatic heterocycles. The number of rotatable bonds is 4. The Morgan fingerprint density at radius 2 is 2.00 bits per heavy atom. The Bertz CT molecular complexity index is 695. The normalized spacial score (nSPS) is 19.7. The molecule has 1 aromatic heterocycles. The molecule has 1 heterocycles. The summed E-state index contributed by atoms with van der Waals surface area (Å²) in [7, 11) is 0. The van der Waals surface area contributed by atoms with Gasteiger partial charge >= 0.3 is 0 Å². The van der Waals surface area contributed by atoms with E-state index in [1.54, 1.807) is 0 Å². The fourth-order valence-electron chi connectivity index (χ4n) is 3.46. The number of aryl methyl sites for hydroxylation is 2. The predicted molar refractivity (Wildman–Crippen MR) is 81.5 cm³/mol. The molecule has 110 valence electrons. The van der Waals surface area contributed by atoms with E-state index < -0.39 is 0 Å². The Balaban J connectivity index is 1.70. The fourth-order valence-corrected chi connectivity index (χ4v) is 3.46. The van der Waals surface area contributed by atoms with E-state index in [9.17, 15) is 0 Å². The highest BCUT2D eigenvalue weighted by atomic mass is 15.5. The van der Waals surface area contributed by atoms with Crippen LogP contribution in [0.15, 0.2) is 12.1 Å². The number of nitrogen functional groups attached to an aromatic ring is 1. The molecule has 2 aliphatic carbocycles. The molecule has 5 heteroatoms. The van der Waals surface area contributed by atoms with E-state index in [1.807, 2.05) is 17.7 Å². The molecule has 2 N–H and O–H groups in total. The fraction of sp³-hybridized carbons (Fsp3) is 0.562. The highest BCUT2D eigenvalue weighted by Crippen LogP contribution is 2.62. The molecule has 0 atom stereocenters. The van der Waals surface area contributed by atoms with Crippen molar-refractivity contribution >= 4 is 5.69 Å². The largest absolute Gasteiger partial charge is 0.398 e. The molecule has 4 rings (SSSR count). The van der Waals surface area contributed by atoms with Gasteiger partial charge < -0.3 is 5.73 Å². The van der Waals surface area contributed by atoms with Crippen molar-refractivity contribution < 1.29 is 0 Å². The van der Waals surface area contributed by atoms with Crippen molar-refractivity contribution in [1.82, 2.24) is 20.2 Å². The van der Waals surface area contributed by atoms with Gasteiger partial charge in [-0.2, -0.15) is 0 Å². The third-order valence-electron chi connectivity index (χ3n) is 5.19. The lowest BCUT2D eigenvalue weighted by molar-refractivity contribution is 0.348. The van der Waals surface area contributed by atoms with Gasteiger partial charge in [-0.05, 0) is 78.5 Å². The standard InChI is InChI=1S/C16H21N5/c1-10-7-11(2)14(17)8-13(10)15-18-19-20-21(15)9-16(5-6-16)12-3-4-12/h7-8,12H,3-6,9,17H2,1-2H3. The molecule has 2 fully saturated rings. The second kappa shape index (κ2) is 4.29. The Morgan fingerprint density at radius 1 is 1.24 bits per heavy atom. The van der Waals surface area contributed by atoms with Gasteiger partial charge in [0.25, 0.3) is 0 Å². The van der Waals surface area contributed by atoms with Crippen LogP contribution in [0.3, 0.4) is 0 Å². The highest BCUT2D eigenvalue weighted by Gasteiger charge is 2.54. The first-order chi connectivity index (χ1) is 10.1. The minimum absolute atomic E-state index is 0.480. The van der Waals surface area contributed by atoms with E-state index in [0.29, 0.717) is 5.41 Å². The average molecular weight is 283 g/mol. The SMILES string of the molecule is Cc1cc(C)c(-c2nnnn2CC2(C3CC3)CC2)cc1N. The number of anilines is 1. The van der Waals surface area contributed by atoms with Gasteiger partial charge in [0.15, 0.2) is 5.82 Å². The van der Waals surface area contributed by atoms with Crippen molar-refractivity contribution in [3.63, 3.8) is 0 Å². The van der Waals surface area contributed by atoms with Crippen LogP contribution in [0.2, 0.25) is 0 Å². The second-order valence-corrected chi connectivity index (χ2v) is 6.82. The maximum absolute atomic E-state index is 6.07. The number of benzene rings is 1. The lowest BCUT2D eigenvalue weighted by Crippen LogP contribution is -2.16. The van der Waals surface area contributed by atoms with Crippen LogP contribution in [0.5, 0.6) is 0 Å². The third kappa shape index (κ3) is 2.11. The molecule has 0 bridgehead atoms. The number of tetrazole rings is 1. The third-order valence-corrected chi connectivity index (χ3v) is 5.19. The molecule has 0 saturated heterocycles. The summed E-state index contributed by atoms with van der Waals surface area (Å²) >= 11 is 0. The van der Waals surface area contributed by atoms with Gasteiger partial charge in [0.2, 0.25) is 0 Å². The molecule has 0 radical (unpaired) electrons. The van der Waals surface area contributed by atoms with Crippen LogP contribution in [0.25, 0.3) is 11.4 Å². The van der Waals surface area contributed by atoms with Crippen molar-refractivity contribution in [2.24, 2.45) is 11.3 Å². The zero-order chi connectivity index (χ0) is 14.6. The lowest BCUT2D eigenvalue weighted by atomic mass is 10.00. The maximum atomic E-state index is 6.07. The summed E-state index contributed by atoms with van der Waals surface area (Å²) in [6, 6.07) is 4.11. The number of hydrogen-bond donors (Lipinski definition) is 1. The van der Waals surface area contributed by atoms with Crippen LogP contribution in [0, 0.1) is 25.2 Å². The molecule has 1 aromatic carbocycles. The minimum Gasteiger partial charge on any atom is -0.398 e. The van der Waals surface area contributed by atoms with Gasteiger partial charge in [0.1, 0.15) is 0 Å². The van der Waals surface area contributed by atoms with Gasteiger partial charge in [0, 0.05) is 11.3 Å². The van der Waals surface area contributed by atoms with Crippen molar-refractivity contribution in [1.29, 1.82) is 0 Å². The van der Waals surface area contributed by atoms with Crippen LogP contribution < -0.4 is 5.73 Å². The number of nitrogens with two attached hydrogens (primary N) is 1. The van der Waals surface area contributed by atoms with Crippen LogP contribution in [0.4, 0.5) is 5.69 Å². The van der Waals surface area contributed by atoms with Gasteiger partial charge in [-0.25, -0.2) is 4.68 Å². The zero-order valence-electron chi connectivity index (χ0n) is 12.6. The summed E-state index contributed by atoms with van der Waals surface area (Å²) < 4.78 is 1.99. The molecule has 0 unspecified atom stereocenters. The summed E-state index contributed by atoms with van der Waals surface area (Å²) in [4.78, 5) is 0. The van der Waals surface area contributed by atoms with Crippen LogP contribution in [-0.4, -0.2) is 20.2 Å². The lowest BCUT2D eigenvalue weighted by Gasteiger charge is -2.15.